The Labute approximate surface area is 126 Å². The molecule has 1 heterocycles. The van der Waals surface area contributed by atoms with Crippen LogP contribution < -0.4 is 5.32 Å². The molecule has 2 atom stereocenters. The number of likely N-dealkylation sites (tertiary alicyclic amines) is 1. The third-order valence-electron chi connectivity index (χ3n) is 5.12. The minimum absolute atomic E-state index is 0.230. The number of fused-ring (bicyclic) bond motifs is 1. The van der Waals surface area contributed by atoms with Gasteiger partial charge in [0.25, 0.3) is 0 Å². The van der Waals surface area contributed by atoms with E-state index in [0.29, 0.717) is 5.41 Å². The Morgan fingerprint density at radius 1 is 0.950 bits per heavy atom. The largest absolute Gasteiger partial charge is 0.311 e. The fourth-order valence-electron chi connectivity index (χ4n) is 3.99. The van der Waals surface area contributed by atoms with Gasteiger partial charge in [0.1, 0.15) is 0 Å². The van der Waals surface area contributed by atoms with Crippen LogP contribution in [0.5, 0.6) is 0 Å². The molecule has 0 spiro atoms. The van der Waals surface area contributed by atoms with Crippen molar-refractivity contribution in [2.75, 3.05) is 26.2 Å². The summed E-state index contributed by atoms with van der Waals surface area (Å²) in [5.74, 6) is 2.06. The van der Waals surface area contributed by atoms with Gasteiger partial charge in [-0.3, -0.25) is 0 Å². The highest BCUT2D eigenvalue weighted by molar-refractivity contribution is 4.87. The Bertz CT molecular complexity index is 303. The highest BCUT2D eigenvalue weighted by Gasteiger charge is 2.33. The smallest absolute Gasteiger partial charge is 0.00967 e. The predicted molar refractivity (Wildman–Crippen MR) is 88.0 cm³/mol. The van der Waals surface area contributed by atoms with Gasteiger partial charge in [-0.05, 0) is 57.4 Å². The van der Waals surface area contributed by atoms with E-state index in [0.717, 1.165) is 18.4 Å². The lowest BCUT2D eigenvalue weighted by atomic mass is 9.74. The first-order valence-electron chi connectivity index (χ1n) is 8.73. The Morgan fingerprint density at radius 2 is 1.60 bits per heavy atom. The molecule has 1 saturated heterocycles. The molecular formula is C18H36N2. The van der Waals surface area contributed by atoms with Crippen molar-refractivity contribution in [2.45, 2.75) is 72.3 Å². The maximum absolute atomic E-state index is 3.68. The zero-order chi connectivity index (χ0) is 14.8. The normalized spacial score (nSPS) is 29.2. The zero-order valence-electron chi connectivity index (χ0n) is 14.5. The lowest BCUT2D eigenvalue weighted by Gasteiger charge is -2.44. The van der Waals surface area contributed by atoms with Gasteiger partial charge in [-0.25, -0.2) is 0 Å². The summed E-state index contributed by atoms with van der Waals surface area (Å²) in [5, 5.41) is 3.68. The number of rotatable bonds is 4. The molecule has 0 bridgehead atoms. The van der Waals surface area contributed by atoms with Crippen molar-refractivity contribution in [3.8, 4) is 0 Å². The van der Waals surface area contributed by atoms with Gasteiger partial charge in [-0.2, -0.15) is 0 Å². The fourth-order valence-corrected chi connectivity index (χ4v) is 3.99. The molecule has 2 aliphatic rings. The number of hydrogen-bond acceptors (Lipinski definition) is 2. The highest BCUT2D eigenvalue weighted by Crippen LogP contribution is 2.36. The molecule has 2 unspecified atom stereocenters. The first-order valence-corrected chi connectivity index (χ1v) is 8.73. The maximum atomic E-state index is 3.68. The van der Waals surface area contributed by atoms with Crippen LogP contribution in [0.3, 0.4) is 0 Å². The Kier molecular flexibility index (Phi) is 5.18. The van der Waals surface area contributed by atoms with Crippen molar-refractivity contribution >= 4 is 0 Å². The average molecular weight is 280 g/mol. The molecule has 2 nitrogen and oxygen atoms in total. The second-order valence-electron chi connectivity index (χ2n) is 9.10. The second-order valence-corrected chi connectivity index (χ2v) is 9.10. The third-order valence-corrected chi connectivity index (χ3v) is 5.12. The van der Waals surface area contributed by atoms with Crippen LogP contribution in [0.2, 0.25) is 0 Å². The molecule has 1 N–H and O–H groups in total. The van der Waals surface area contributed by atoms with Crippen molar-refractivity contribution in [2.24, 2.45) is 17.3 Å². The number of nitrogens with zero attached hydrogens (tertiary/aromatic N) is 1. The first kappa shape index (κ1) is 16.3. The summed E-state index contributed by atoms with van der Waals surface area (Å²) in [6.07, 6.45) is 7.41. The molecule has 0 aromatic rings. The van der Waals surface area contributed by atoms with Gasteiger partial charge in [-0.1, -0.05) is 33.1 Å². The average Bonchev–Trinajstić information content (AvgIpc) is 2.35. The second kappa shape index (κ2) is 6.36. The van der Waals surface area contributed by atoms with Crippen LogP contribution in [-0.2, 0) is 0 Å². The lowest BCUT2D eigenvalue weighted by Crippen LogP contribution is -2.49. The monoisotopic (exact) mass is 280 g/mol. The summed E-state index contributed by atoms with van der Waals surface area (Å²) < 4.78 is 0. The highest BCUT2D eigenvalue weighted by atomic mass is 15.1. The molecular weight excluding hydrogens is 244 g/mol. The van der Waals surface area contributed by atoms with Crippen molar-refractivity contribution in [1.29, 1.82) is 0 Å². The van der Waals surface area contributed by atoms with E-state index in [4.69, 9.17) is 0 Å². The molecule has 118 valence electrons. The molecule has 2 heteroatoms. The van der Waals surface area contributed by atoms with E-state index < -0.39 is 0 Å². The molecule has 1 saturated carbocycles. The van der Waals surface area contributed by atoms with Gasteiger partial charge in [0, 0.05) is 25.2 Å². The van der Waals surface area contributed by atoms with E-state index in [2.05, 4.69) is 44.8 Å². The molecule has 0 aromatic carbocycles. The standard InChI is InChI=1S/C18H36N2/c1-17(2,3)19-13-18(4,5)14-20-11-10-15-8-6-7-9-16(15)12-20/h15-16,19H,6-14H2,1-5H3. The summed E-state index contributed by atoms with van der Waals surface area (Å²) >= 11 is 0. The summed E-state index contributed by atoms with van der Waals surface area (Å²) in [5.41, 5.74) is 0.600. The van der Waals surface area contributed by atoms with Crippen molar-refractivity contribution < 1.29 is 0 Å². The van der Waals surface area contributed by atoms with Crippen molar-refractivity contribution in [3.05, 3.63) is 0 Å². The minimum Gasteiger partial charge on any atom is -0.311 e. The van der Waals surface area contributed by atoms with E-state index in [-0.39, 0.29) is 5.54 Å². The van der Waals surface area contributed by atoms with Gasteiger partial charge in [0.2, 0.25) is 0 Å². The van der Waals surface area contributed by atoms with Crippen LogP contribution in [0.15, 0.2) is 0 Å². The van der Waals surface area contributed by atoms with E-state index in [9.17, 15) is 0 Å². The van der Waals surface area contributed by atoms with Crippen LogP contribution in [0.1, 0.15) is 66.7 Å². The zero-order valence-corrected chi connectivity index (χ0v) is 14.5. The molecule has 0 radical (unpaired) electrons. The summed E-state index contributed by atoms with van der Waals surface area (Å²) in [6, 6.07) is 0. The fraction of sp³-hybridized carbons (Fsp3) is 1.00. The topological polar surface area (TPSA) is 15.3 Å². The van der Waals surface area contributed by atoms with Crippen LogP contribution in [-0.4, -0.2) is 36.6 Å². The quantitative estimate of drug-likeness (QED) is 0.840. The van der Waals surface area contributed by atoms with Gasteiger partial charge in [0.15, 0.2) is 0 Å². The number of piperidine rings is 1. The van der Waals surface area contributed by atoms with Crippen molar-refractivity contribution in [3.63, 3.8) is 0 Å². The van der Waals surface area contributed by atoms with Crippen LogP contribution in [0, 0.1) is 17.3 Å². The molecule has 1 aliphatic carbocycles. The first-order chi connectivity index (χ1) is 9.25. The van der Waals surface area contributed by atoms with E-state index in [1.165, 1.54) is 51.7 Å². The summed E-state index contributed by atoms with van der Waals surface area (Å²) in [6.45, 7) is 16.7. The van der Waals surface area contributed by atoms with E-state index >= 15 is 0 Å². The maximum Gasteiger partial charge on any atom is 0.00967 e. The molecule has 0 aromatic heterocycles. The summed E-state index contributed by atoms with van der Waals surface area (Å²) in [4.78, 5) is 2.75. The van der Waals surface area contributed by atoms with Gasteiger partial charge in [0.05, 0.1) is 0 Å². The van der Waals surface area contributed by atoms with Crippen LogP contribution in [0.4, 0.5) is 0 Å². The molecule has 20 heavy (non-hydrogen) atoms. The molecule has 2 rings (SSSR count). The number of nitrogens with one attached hydrogen (secondary N) is 1. The summed E-state index contributed by atoms with van der Waals surface area (Å²) in [7, 11) is 0. The molecule has 1 aliphatic heterocycles. The van der Waals surface area contributed by atoms with Gasteiger partial charge >= 0.3 is 0 Å². The Hall–Kier alpha value is -0.0800. The van der Waals surface area contributed by atoms with Crippen LogP contribution in [0.25, 0.3) is 0 Å². The number of hydrogen-bond donors (Lipinski definition) is 1. The lowest BCUT2D eigenvalue weighted by molar-refractivity contribution is 0.0588. The SMILES string of the molecule is CC(C)(CNC(C)(C)C)CN1CCC2CCCCC2C1. The van der Waals surface area contributed by atoms with E-state index in [1.807, 2.05) is 0 Å². The van der Waals surface area contributed by atoms with Crippen molar-refractivity contribution in [1.82, 2.24) is 10.2 Å². The van der Waals surface area contributed by atoms with E-state index in [1.54, 1.807) is 0 Å². The van der Waals surface area contributed by atoms with Crippen LogP contribution >= 0.6 is 0 Å². The molecule has 0 amide bonds. The minimum atomic E-state index is 0.230. The predicted octanol–water partition coefficient (Wildman–Crippen LogP) is 3.91. The third kappa shape index (κ3) is 5.04. The van der Waals surface area contributed by atoms with Gasteiger partial charge < -0.3 is 10.2 Å². The van der Waals surface area contributed by atoms with Gasteiger partial charge in [-0.15, -0.1) is 0 Å². The Balaban J connectivity index is 1.80. The molecule has 2 fully saturated rings. The Morgan fingerprint density at radius 3 is 2.25 bits per heavy atom.